The SMILES string of the molecule is O=C(Nc1ccc(-c2nc(N3CCOCC3)c3cccn3n2)cc1)NC1CC1. The lowest BCUT2D eigenvalue weighted by Crippen LogP contribution is -2.37. The van der Waals surface area contributed by atoms with E-state index >= 15 is 0 Å². The highest BCUT2D eigenvalue weighted by Crippen LogP contribution is 2.25. The molecule has 1 saturated heterocycles. The Kier molecular flexibility index (Phi) is 4.32. The number of aromatic nitrogens is 3. The average Bonchev–Trinajstić information content (AvgIpc) is 3.40. The summed E-state index contributed by atoms with van der Waals surface area (Å²) in [5.74, 6) is 1.57. The number of anilines is 2. The van der Waals surface area contributed by atoms with Gasteiger partial charge in [-0.2, -0.15) is 0 Å². The number of urea groups is 1. The minimum absolute atomic E-state index is 0.158. The molecule has 3 heterocycles. The van der Waals surface area contributed by atoms with Crippen molar-refractivity contribution >= 4 is 23.1 Å². The van der Waals surface area contributed by atoms with Crippen molar-refractivity contribution < 1.29 is 9.53 Å². The molecule has 8 heteroatoms. The molecular formula is C20H22N6O2. The Balaban J connectivity index is 1.41. The zero-order chi connectivity index (χ0) is 18.9. The van der Waals surface area contributed by atoms with Gasteiger partial charge in [0.1, 0.15) is 5.52 Å². The van der Waals surface area contributed by atoms with Gasteiger partial charge in [0, 0.05) is 36.6 Å². The van der Waals surface area contributed by atoms with E-state index < -0.39 is 0 Å². The van der Waals surface area contributed by atoms with Crippen molar-refractivity contribution in [2.45, 2.75) is 18.9 Å². The third kappa shape index (κ3) is 3.50. The molecule has 144 valence electrons. The summed E-state index contributed by atoms with van der Waals surface area (Å²) in [5.41, 5.74) is 2.64. The highest BCUT2D eigenvalue weighted by Gasteiger charge is 2.23. The van der Waals surface area contributed by atoms with Crippen LogP contribution in [0.5, 0.6) is 0 Å². The first-order chi connectivity index (χ1) is 13.8. The van der Waals surface area contributed by atoms with Gasteiger partial charge in [-0.3, -0.25) is 0 Å². The molecular weight excluding hydrogens is 356 g/mol. The van der Waals surface area contributed by atoms with Gasteiger partial charge < -0.3 is 20.3 Å². The summed E-state index contributed by atoms with van der Waals surface area (Å²) in [6, 6.07) is 11.8. The first-order valence-corrected chi connectivity index (χ1v) is 9.62. The lowest BCUT2D eigenvalue weighted by molar-refractivity contribution is 0.122. The van der Waals surface area contributed by atoms with Gasteiger partial charge in [-0.1, -0.05) is 0 Å². The summed E-state index contributed by atoms with van der Waals surface area (Å²) in [5, 5.41) is 10.4. The van der Waals surface area contributed by atoms with Crippen LogP contribution in [-0.4, -0.2) is 53.0 Å². The predicted octanol–water partition coefficient (Wildman–Crippen LogP) is 2.52. The summed E-state index contributed by atoms with van der Waals surface area (Å²) in [6.45, 7) is 3.04. The molecule has 2 amide bonds. The zero-order valence-electron chi connectivity index (χ0n) is 15.5. The molecule has 0 bridgehead atoms. The number of ether oxygens (including phenoxy) is 1. The highest BCUT2D eigenvalue weighted by molar-refractivity contribution is 5.89. The Morgan fingerprint density at radius 3 is 2.64 bits per heavy atom. The second-order valence-electron chi connectivity index (χ2n) is 7.15. The summed E-state index contributed by atoms with van der Waals surface area (Å²) in [6.07, 6.45) is 4.07. The Morgan fingerprint density at radius 2 is 1.89 bits per heavy atom. The summed E-state index contributed by atoms with van der Waals surface area (Å²) in [4.78, 5) is 19.0. The molecule has 28 heavy (non-hydrogen) atoms. The van der Waals surface area contributed by atoms with Crippen LogP contribution in [0.2, 0.25) is 0 Å². The van der Waals surface area contributed by atoms with E-state index in [1.165, 1.54) is 0 Å². The molecule has 1 aliphatic carbocycles. The monoisotopic (exact) mass is 378 g/mol. The van der Waals surface area contributed by atoms with Crippen molar-refractivity contribution in [3.8, 4) is 11.4 Å². The molecule has 0 unspecified atom stereocenters. The number of rotatable bonds is 4. The number of morpholine rings is 1. The van der Waals surface area contributed by atoms with E-state index in [-0.39, 0.29) is 6.03 Å². The van der Waals surface area contributed by atoms with E-state index in [2.05, 4.69) is 20.6 Å². The normalized spacial score (nSPS) is 16.9. The topological polar surface area (TPSA) is 83.8 Å². The van der Waals surface area contributed by atoms with Gasteiger partial charge >= 0.3 is 6.03 Å². The quantitative estimate of drug-likeness (QED) is 0.729. The van der Waals surface area contributed by atoms with E-state index in [9.17, 15) is 4.79 Å². The van der Waals surface area contributed by atoms with Crippen LogP contribution in [0.1, 0.15) is 12.8 Å². The molecule has 2 N–H and O–H groups in total. The van der Waals surface area contributed by atoms with Crippen molar-refractivity contribution in [1.82, 2.24) is 19.9 Å². The number of amides is 2. The highest BCUT2D eigenvalue weighted by atomic mass is 16.5. The Labute approximate surface area is 162 Å². The van der Waals surface area contributed by atoms with Crippen molar-refractivity contribution in [1.29, 1.82) is 0 Å². The predicted molar refractivity (Wildman–Crippen MR) is 107 cm³/mol. The number of hydrogen-bond donors (Lipinski definition) is 2. The third-order valence-electron chi connectivity index (χ3n) is 5.00. The number of fused-ring (bicyclic) bond motifs is 1. The molecule has 0 spiro atoms. The van der Waals surface area contributed by atoms with E-state index in [4.69, 9.17) is 9.72 Å². The smallest absolute Gasteiger partial charge is 0.319 e. The van der Waals surface area contributed by atoms with Crippen LogP contribution in [0.3, 0.4) is 0 Å². The third-order valence-corrected chi connectivity index (χ3v) is 5.00. The number of carbonyl (C=O) groups excluding carboxylic acids is 1. The molecule has 8 nitrogen and oxygen atoms in total. The number of benzene rings is 1. The molecule has 0 atom stereocenters. The standard InChI is InChI=1S/C20H22N6O2/c27-20(22-16-7-8-16)21-15-5-3-14(4-6-15)18-23-19(25-10-12-28-13-11-25)17-2-1-9-26(17)24-18/h1-6,9,16H,7-8,10-13H2,(H2,21,22,27). The Morgan fingerprint density at radius 1 is 1.11 bits per heavy atom. The minimum atomic E-state index is -0.158. The molecule has 1 saturated carbocycles. The first kappa shape index (κ1) is 17.0. The summed E-state index contributed by atoms with van der Waals surface area (Å²) in [7, 11) is 0. The van der Waals surface area contributed by atoms with Gasteiger partial charge in [0.15, 0.2) is 11.6 Å². The number of nitrogens with one attached hydrogen (secondary N) is 2. The van der Waals surface area contributed by atoms with Gasteiger partial charge in [0.25, 0.3) is 0 Å². The van der Waals surface area contributed by atoms with Gasteiger partial charge in [0.05, 0.1) is 13.2 Å². The second-order valence-corrected chi connectivity index (χ2v) is 7.15. The van der Waals surface area contributed by atoms with Crippen LogP contribution in [0.15, 0.2) is 42.6 Å². The van der Waals surface area contributed by atoms with Crippen LogP contribution in [0.4, 0.5) is 16.3 Å². The van der Waals surface area contributed by atoms with Crippen molar-refractivity contribution in [3.05, 3.63) is 42.6 Å². The lowest BCUT2D eigenvalue weighted by Gasteiger charge is -2.28. The number of hydrogen-bond acceptors (Lipinski definition) is 5. The molecule has 1 aromatic carbocycles. The molecule has 2 aliphatic rings. The van der Waals surface area contributed by atoms with Crippen molar-refractivity contribution in [2.24, 2.45) is 0 Å². The van der Waals surface area contributed by atoms with Crippen molar-refractivity contribution in [2.75, 3.05) is 36.5 Å². The van der Waals surface area contributed by atoms with E-state index in [1.807, 2.05) is 47.1 Å². The molecule has 3 aromatic rings. The summed E-state index contributed by atoms with van der Waals surface area (Å²) < 4.78 is 7.33. The summed E-state index contributed by atoms with van der Waals surface area (Å²) >= 11 is 0. The largest absolute Gasteiger partial charge is 0.378 e. The van der Waals surface area contributed by atoms with Crippen LogP contribution in [0, 0.1) is 0 Å². The van der Waals surface area contributed by atoms with Crippen LogP contribution in [0.25, 0.3) is 16.9 Å². The maximum absolute atomic E-state index is 11.9. The van der Waals surface area contributed by atoms with E-state index in [1.54, 1.807) is 0 Å². The van der Waals surface area contributed by atoms with Gasteiger partial charge in [-0.25, -0.2) is 14.3 Å². The van der Waals surface area contributed by atoms with E-state index in [0.29, 0.717) is 25.1 Å². The molecule has 2 aromatic heterocycles. The maximum atomic E-state index is 11.9. The fourth-order valence-electron chi connectivity index (χ4n) is 3.33. The molecule has 1 aliphatic heterocycles. The first-order valence-electron chi connectivity index (χ1n) is 9.62. The zero-order valence-corrected chi connectivity index (χ0v) is 15.5. The minimum Gasteiger partial charge on any atom is -0.378 e. The maximum Gasteiger partial charge on any atom is 0.319 e. The second kappa shape index (κ2) is 7.12. The average molecular weight is 378 g/mol. The van der Waals surface area contributed by atoms with Crippen molar-refractivity contribution in [3.63, 3.8) is 0 Å². The molecule has 2 fully saturated rings. The van der Waals surface area contributed by atoms with Crippen LogP contribution in [-0.2, 0) is 4.74 Å². The number of carbonyl (C=O) groups is 1. The van der Waals surface area contributed by atoms with E-state index in [0.717, 1.165) is 48.5 Å². The number of nitrogens with zero attached hydrogens (tertiary/aromatic N) is 4. The van der Waals surface area contributed by atoms with Crippen LogP contribution < -0.4 is 15.5 Å². The van der Waals surface area contributed by atoms with Gasteiger partial charge in [-0.05, 0) is 49.2 Å². The van der Waals surface area contributed by atoms with Gasteiger partial charge in [0.2, 0.25) is 0 Å². The lowest BCUT2D eigenvalue weighted by atomic mass is 10.2. The molecule has 5 rings (SSSR count). The fourth-order valence-corrected chi connectivity index (χ4v) is 3.33. The van der Waals surface area contributed by atoms with Crippen LogP contribution >= 0.6 is 0 Å². The Bertz CT molecular complexity index is 990. The fraction of sp³-hybridized carbons (Fsp3) is 0.350. The molecule has 0 radical (unpaired) electrons. The van der Waals surface area contributed by atoms with Gasteiger partial charge in [-0.15, -0.1) is 5.10 Å². The Hall–Kier alpha value is -3.13.